The van der Waals surface area contributed by atoms with Crippen LogP contribution < -0.4 is 9.80 Å². The molecule has 0 saturated heterocycles. The largest absolute Gasteiger partial charge is 0.341 e. The van der Waals surface area contributed by atoms with Crippen LogP contribution in [0, 0.1) is 6.92 Å². The van der Waals surface area contributed by atoms with Gasteiger partial charge in [-0.05, 0) is 164 Å². The van der Waals surface area contributed by atoms with Gasteiger partial charge in [0, 0.05) is 34.9 Å². The Bertz CT molecular complexity index is 3200. The van der Waals surface area contributed by atoms with E-state index in [1.165, 1.54) is 124 Å². The van der Waals surface area contributed by atoms with E-state index in [0.717, 1.165) is 13.0 Å². The van der Waals surface area contributed by atoms with E-state index in [1.54, 1.807) is 0 Å². The summed E-state index contributed by atoms with van der Waals surface area (Å²) in [5.74, 6) is 0.326. The van der Waals surface area contributed by atoms with Gasteiger partial charge < -0.3 is 9.80 Å². The highest BCUT2D eigenvalue weighted by molar-refractivity contribution is 5.95. The summed E-state index contributed by atoms with van der Waals surface area (Å²) in [6.45, 7) is 16.6. The molecule has 2 nitrogen and oxygen atoms in total. The molecule has 312 valence electrons. The van der Waals surface area contributed by atoms with Crippen molar-refractivity contribution in [3.8, 4) is 22.3 Å². The maximum Gasteiger partial charge on any atom is 0.0502 e. The number of aryl methyl sites for hydroxylation is 1. The second kappa shape index (κ2) is 15.6. The first kappa shape index (κ1) is 39.7. The minimum atomic E-state index is -0.0863. The van der Waals surface area contributed by atoms with E-state index in [0.29, 0.717) is 5.92 Å². The average Bonchev–Trinajstić information content (AvgIpc) is 3.60. The van der Waals surface area contributed by atoms with E-state index in [-0.39, 0.29) is 5.41 Å². The quantitative estimate of drug-likeness (QED) is 0.117. The van der Waals surface area contributed by atoms with Crippen LogP contribution in [0.3, 0.4) is 0 Å². The lowest BCUT2D eigenvalue weighted by molar-refractivity contribution is 0.632. The molecule has 0 amide bonds. The molecule has 8 aromatic rings. The Kier molecular flexibility index (Phi) is 9.65. The number of para-hydroxylation sites is 3. The van der Waals surface area contributed by atoms with Crippen LogP contribution >= 0.6 is 0 Å². The van der Waals surface area contributed by atoms with Gasteiger partial charge in [-0.3, -0.25) is 0 Å². The Balaban J connectivity index is 0.894. The van der Waals surface area contributed by atoms with E-state index < -0.39 is 0 Å². The van der Waals surface area contributed by atoms with Gasteiger partial charge >= 0.3 is 0 Å². The van der Waals surface area contributed by atoms with Gasteiger partial charge in [0.2, 0.25) is 0 Å². The minimum absolute atomic E-state index is 0.0863. The highest BCUT2D eigenvalue weighted by Gasteiger charge is 2.36. The lowest BCUT2D eigenvalue weighted by atomic mass is 9.73. The Morgan fingerprint density at radius 3 is 2.05 bits per heavy atom. The SMILES string of the molecule is C=CC=C(C)c1c(C=Cc2ccc3c(c2)C(C)c2cc(N4CCCc5ccccc54)ccc2-3)ccc(-c2ccc3cc(N4c5ccccc5C(C)(C)c5ccccc54)ccc3c2)c1C. The van der Waals surface area contributed by atoms with E-state index in [4.69, 9.17) is 0 Å². The van der Waals surface area contributed by atoms with Crippen LogP contribution in [0.5, 0.6) is 0 Å². The summed E-state index contributed by atoms with van der Waals surface area (Å²) >= 11 is 0. The number of nitrogens with zero attached hydrogens (tertiary/aromatic N) is 2. The molecule has 1 atom stereocenters. The normalized spacial score (nSPS) is 16.0. The van der Waals surface area contributed by atoms with Crippen molar-refractivity contribution in [1.82, 2.24) is 0 Å². The van der Waals surface area contributed by atoms with Crippen LogP contribution in [-0.4, -0.2) is 6.54 Å². The summed E-state index contributed by atoms with van der Waals surface area (Å²) in [7, 11) is 0. The molecule has 0 radical (unpaired) electrons. The van der Waals surface area contributed by atoms with Crippen molar-refractivity contribution in [3.05, 3.63) is 227 Å². The molecular formula is C62H54N2. The molecule has 0 bridgehead atoms. The van der Waals surface area contributed by atoms with Gasteiger partial charge in [0.05, 0.1) is 11.4 Å². The fraction of sp³-hybridized carbons (Fsp3) is 0.161. The van der Waals surface area contributed by atoms with Gasteiger partial charge in [0.15, 0.2) is 0 Å². The number of hydrogen-bond donors (Lipinski definition) is 0. The Morgan fingerprint density at radius 1 is 0.641 bits per heavy atom. The van der Waals surface area contributed by atoms with Crippen LogP contribution in [0.1, 0.15) is 90.1 Å². The molecule has 0 fully saturated rings. The van der Waals surface area contributed by atoms with Gasteiger partial charge in [-0.2, -0.15) is 0 Å². The predicted octanol–water partition coefficient (Wildman–Crippen LogP) is 16.9. The molecule has 64 heavy (non-hydrogen) atoms. The molecule has 0 aromatic heterocycles. The summed E-state index contributed by atoms with van der Waals surface area (Å²) in [4.78, 5) is 4.95. The fourth-order valence-corrected chi connectivity index (χ4v) is 11.2. The van der Waals surface area contributed by atoms with Crippen LogP contribution in [0.15, 0.2) is 176 Å². The molecule has 8 aromatic carbocycles. The number of fused-ring (bicyclic) bond motifs is 7. The Hall–Kier alpha value is -7.16. The van der Waals surface area contributed by atoms with Gasteiger partial charge in [-0.1, -0.05) is 161 Å². The second-order valence-corrected chi connectivity index (χ2v) is 18.6. The average molecular weight is 827 g/mol. The smallest absolute Gasteiger partial charge is 0.0502 e. The molecule has 2 heteroatoms. The Labute approximate surface area is 379 Å². The molecule has 11 rings (SSSR count). The van der Waals surface area contributed by atoms with Crippen molar-refractivity contribution in [2.45, 2.75) is 58.8 Å². The summed E-state index contributed by atoms with van der Waals surface area (Å²) in [6, 6.07) is 59.2. The molecule has 1 aliphatic carbocycles. The Morgan fingerprint density at radius 2 is 1.28 bits per heavy atom. The van der Waals surface area contributed by atoms with Gasteiger partial charge in [-0.25, -0.2) is 0 Å². The van der Waals surface area contributed by atoms with E-state index in [2.05, 4.69) is 227 Å². The van der Waals surface area contributed by atoms with Crippen molar-refractivity contribution < 1.29 is 0 Å². The third-order valence-electron chi connectivity index (χ3n) is 14.5. The van der Waals surface area contributed by atoms with Crippen LogP contribution in [0.4, 0.5) is 28.4 Å². The minimum Gasteiger partial charge on any atom is -0.341 e. The first-order chi connectivity index (χ1) is 31.2. The third kappa shape index (κ3) is 6.46. The number of benzene rings is 8. The highest BCUT2D eigenvalue weighted by atomic mass is 15.2. The molecule has 1 unspecified atom stereocenters. The zero-order valence-electron chi connectivity index (χ0n) is 37.6. The van der Waals surface area contributed by atoms with Crippen LogP contribution in [-0.2, 0) is 11.8 Å². The molecule has 2 heterocycles. The first-order valence-electron chi connectivity index (χ1n) is 23.0. The van der Waals surface area contributed by atoms with Crippen LogP contribution in [0.2, 0.25) is 0 Å². The van der Waals surface area contributed by atoms with Crippen molar-refractivity contribution in [2.24, 2.45) is 0 Å². The van der Waals surface area contributed by atoms with Gasteiger partial charge in [-0.15, -0.1) is 0 Å². The van der Waals surface area contributed by atoms with Gasteiger partial charge in [0.1, 0.15) is 0 Å². The molecule has 3 aliphatic rings. The zero-order chi connectivity index (χ0) is 43.7. The summed E-state index contributed by atoms with van der Waals surface area (Å²) < 4.78 is 0. The molecule has 0 spiro atoms. The molecular weight excluding hydrogens is 773 g/mol. The van der Waals surface area contributed by atoms with E-state index >= 15 is 0 Å². The maximum absolute atomic E-state index is 4.07. The lowest BCUT2D eigenvalue weighted by Crippen LogP contribution is -2.30. The highest BCUT2D eigenvalue weighted by Crippen LogP contribution is 2.52. The molecule has 2 aliphatic heterocycles. The van der Waals surface area contributed by atoms with Gasteiger partial charge in [0.25, 0.3) is 0 Å². The number of anilines is 5. The lowest BCUT2D eigenvalue weighted by Gasteiger charge is -2.42. The maximum atomic E-state index is 4.07. The third-order valence-corrected chi connectivity index (χ3v) is 14.5. The predicted molar refractivity (Wildman–Crippen MR) is 275 cm³/mol. The monoisotopic (exact) mass is 826 g/mol. The summed E-state index contributed by atoms with van der Waals surface area (Å²) in [5.41, 5.74) is 24.5. The summed E-state index contributed by atoms with van der Waals surface area (Å²) in [6.07, 6.45) is 11.0. The summed E-state index contributed by atoms with van der Waals surface area (Å²) in [5, 5.41) is 2.45. The van der Waals surface area contributed by atoms with Crippen molar-refractivity contribution in [1.29, 1.82) is 0 Å². The van der Waals surface area contributed by atoms with E-state index in [1.807, 2.05) is 6.08 Å². The van der Waals surface area contributed by atoms with E-state index in [9.17, 15) is 0 Å². The first-order valence-corrected chi connectivity index (χ1v) is 23.0. The topological polar surface area (TPSA) is 6.48 Å². The van der Waals surface area contributed by atoms with Crippen LogP contribution in [0.25, 0.3) is 50.8 Å². The molecule has 0 saturated carbocycles. The second-order valence-electron chi connectivity index (χ2n) is 18.6. The molecule has 0 N–H and O–H groups in total. The standard InChI is InChI=1S/C62H54N2/c1-7-15-40(2)61-42(4)51(48-27-26-47-38-50(30-28-46(47)37-48)64-59-21-12-9-18-56(59)62(5,6)57-19-10-13-22-60(57)64)33-29-45(61)25-23-43-24-32-52-53-34-31-49(39-55(53)41(3)54(52)36-43)63-35-14-17-44-16-8-11-20-58(44)63/h7-13,15-16,18-34,36-39,41H,1,14,17,35H2,2-6H3. The van der Waals surface area contributed by atoms with Crippen molar-refractivity contribution in [3.63, 3.8) is 0 Å². The number of allylic oxidation sites excluding steroid dienone is 3. The van der Waals surface area contributed by atoms with Crippen molar-refractivity contribution in [2.75, 3.05) is 16.3 Å². The number of hydrogen-bond acceptors (Lipinski definition) is 2. The zero-order valence-corrected chi connectivity index (χ0v) is 37.6. The van der Waals surface area contributed by atoms with Crippen molar-refractivity contribution >= 4 is 56.9 Å². The fourth-order valence-electron chi connectivity index (χ4n) is 11.2. The number of rotatable bonds is 7.